The maximum Gasteiger partial charge on any atom is 0.245 e. The molecule has 5 amide bonds. The molecule has 0 spiro atoms. The van der Waals surface area contributed by atoms with Gasteiger partial charge in [0.1, 0.15) is 18.1 Å². The van der Waals surface area contributed by atoms with Crippen LogP contribution in [0.15, 0.2) is 0 Å². The number of aliphatic hydroxyl groups is 1. The molecule has 1 saturated heterocycles. The highest BCUT2D eigenvalue weighted by atomic mass is 32.2. The molecule has 0 radical (unpaired) electrons. The molecule has 1 aliphatic heterocycles. The smallest absolute Gasteiger partial charge is 0.245 e. The van der Waals surface area contributed by atoms with Crippen LogP contribution in [0.1, 0.15) is 73.1 Å². The van der Waals surface area contributed by atoms with E-state index in [1.54, 1.807) is 25.7 Å². The number of nitrogens with one attached hydrogen (secondary N) is 1. The molecular weight excluding hydrogens is 566 g/mol. The van der Waals surface area contributed by atoms with Crippen LogP contribution in [0.2, 0.25) is 0 Å². The minimum absolute atomic E-state index is 0.0274. The van der Waals surface area contributed by atoms with E-state index in [4.69, 9.17) is 5.73 Å². The van der Waals surface area contributed by atoms with Gasteiger partial charge in [0, 0.05) is 33.6 Å². The number of carbonyl (C=O) groups is 5. The number of likely N-dealkylation sites (N-methyl/N-ethyl adjacent to an activating group) is 2. The number of rotatable bonds is 16. The lowest BCUT2D eigenvalue weighted by atomic mass is 9.95. The van der Waals surface area contributed by atoms with E-state index in [1.807, 2.05) is 13.8 Å². The zero-order valence-corrected chi connectivity index (χ0v) is 27.0. The van der Waals surface area contributed by atoms with E-state index in [0.717, 1.165) is 0 Å². The summed E-state index contributed by atoms with van der Waals surface area (Å²) >= 11 is 0. The first-order valence-corrected chi connectivity index (χ1v) is 16.5. The number of aliphatic hydroxyl groups excluding tert-OH is 1. The van der Waals surface area contributed by atoms with E-state index in [2.05, 4.69) is 5.32 Å². The van der Waals surface area contributed by atoms with Gasteiger partial charge in [-0.25, -0.2) is 8.42 Å². The maximum atomic E-state index is 13.2. The van der Waals surface area contributed by atoms with Crippen molar-refractivity contribution in [3.05, 3.63) is 0 Å². The summed E-state index contributed by atoms with van der Waals surface area (Å²) in [5.41, 5.74) is 5.51. The first-order valence-electron chi connectivity index (χ1n) is 14.7. The number of hydrogen-bond acceptors (Lipinski definition) is 8. The van der Waals surface area contributed by atoms with Crippen LogP contribution in [-0.2, 0) is 33.8 Å². The Hall–Kier alpha value is -2.74. The van der Waals surface area contributed by atoms with Gasteiger partial charge in [-0.15, -0.1) is 0 Å². The van der Waals surface area contributed by atoms with Gasteiger partial charge in [0.15, 0.2) is 9.84 Å². The highest BCUT2D eigenvalue weighted by molar-refractivity contribution is 7.91. The molecule has 1 fully saturated rings. The molecule has 1 rings (SSSR count). The second-order valence-corrected chi connectivity index (χ2v) is 14.1. The van der Waals surface area contributed by atoms with Gasteiger partial charge < -0.3 is 30.9 Å². The third-order valence-corrected chi connectivity index (χ3v) is 9.57. The molecule has 42 heavy (non-hydrogen) atoms. The molecule has 0 aliphatic carbocycles. The van der Waals surface area contributed by atoms with E-state index in [0.29, 0.717) is 19.3 Å². The summed E-state index contributed by atoms with van der Waals surface area (Å²) in [7, 11) is -0.136. The minimum atomic E-state index is -3.07. The monoisotopic (exact) mass is 617 g/mol. The molecule has 0 saturated carbocycles. The largest absolute Gasteiger partial charge is 0.392 e. The Bertz CT molecular complexity index is 1050. The summed E-state index contributed by atoms with van der Waals surface area (Å²) in [6, 6.07) is -2.64. The fraction of sp³-hybridized carbons (Fsp3) is 0.821. The predicted molar refractivity (Wildman–Crippen MR) is 159 cm³/mol. The molecule has 0 aromatic carbocycles. The molecule has 4 N–H and O–H groups in total. The molecule has 14 heteroatoms. The van der Waals surface area contributed by atoms with Crippen molar-refractivity contribution in [3.8, 4) is 0 Å². The number of primary amides is 1. The van der Waals surface area contributed by atoms with Crippen molar-refractivity contribution in [3.63, 3.8) is 0 Å². The number of nitrogens with zero attached hydrogens (tertiary/aromatic N) is 3. The molecule has 1 heterocycles. The second kappa shape index (κ2) is 16.8. The standard InChI is InChI=1S/C28H51N5O8S/c1-8-21(28(39)31(6)20(5)27(38)32(7)22(26(29)37)16-18(2)3)30-24(35)17-23(34)19(4)10-9-11-25(36)33-12-14-42(40,41)15-13-33/h18-23,34H,8-17H2,1-7H3,(H2,29,37)(H,30,35)/t19-,20-,21+,22+,23+/m1/s1. The highest BCUT2D eigenvalue weighted by Gasteiger charge is 2.34. The first-order chi connectivity index (χ1) is 19.4. The van der Waals surface area contributed by atoms with Crippen LogP contribution >= 0.6 is 0 Å². The SMILES string of the molecule is CC[C@H](NC(=O)C[C@H](O)[C@H](C)CCCC(=O)N1CCS(=O)(=O)CC1)C(=O)N(C)[C@H](C)C(=O)N(C)[C@@H](CC(C)C)C(N)=O. The van der Waals surface area contributed by atoms with E-state index in [1.165, 1.54) is 23.9 Å². The molecule has 0 aromatic heterocycles. The molecule has 0 aromatic rings. The molecule has 242 valence electrons. The second-order valence-electron chi connectivity index (χ2n) is 11.8. The van der Waals surface area contributed by atoms with Gasteiger partial charge in [0.05, 0.1) is 24.0 Å². The normalized spacial score (nSPS) is 18.4. The van der Waals surface area contributed by atoms with Crippen molar-refractivity contribution in [2.45, 2.75) is 97.4 Å². The lowest BCUT2D eigenvalue weighted by Crippen LogP contribution is -2.56. The Labute approximate surface area is 250 Å². The number of sulfone groups is 1. The van der Waals surface area contributed by atoms with Crippen molar-refractivity contribution < 1.29 is 37.5 Å². The van der Waals surface area contributed by atoms with Crippen molar-refractivity contribution in [2.75, 3.05) is 38.7 Å². The molecule has 0 bridgehead atoms. The summed E-state index contributed by atoms with van der Waals surface area (Å²) in [5.74, 6) is -2.43. The summed E-state index contributed by atoms with van der Waals surface area (Å²) in [6.45, 7) is 9.25. The quantitative estimate of drug-likeness (QED) is 0.214. The van der Waals surface area contributed by atoms with Crippen LogP contribution in [0.25, 0.3) is 0 Å². The molecule has 5 atom stereocenters. The van der Waals surface area contributed by atoms with E-state index in [-0.39, 0.29) is 61.6 Å². The molecule has 1 aliphatic rings. The van der Waals surface area contributed by atoms with Gasteiger partial charge >= 0.3 is 0 Å². The van der Waals surface area contributed by atoms with Crippen LogP contribution < -0.4 is 11.1 Å². The van der Waals surface area contributed by atoms with E-state index >= 15 is 0 Å². The number of nitrogens with two attached hydrogens (primary N) is 1. The van der Waals surface area contributed by atoms with Crippen LogP contribution in [0.5, 0.6) is 0 Å². The summed E-state index contributed by atoms with van der Waals surface area (Å²) in [4.78, 5) is 67.3. The lowest BCUT2D eigenvalue weighted by Gasteiger charge is -2.34. The van der Waals surface area contributed by atoms with Crippen molar-refractivity contribution in [2.24, 2.45) is 17.6 Å². The average Bonchev–Trinajstić information content (AvgIpc) is 2.91. The number of amides is 5. The maximum absolute atomic E-state index is 13.2. The Kier molecular flexibility index (Phi) is 14.9. The van der Waals surface area contributed by atoms with E-state index in [9.17, 15) is 37.5 Å². The third-order valence-electron chi connectivity index (χ3n) is 7.96. The summed E-state index contributed by atoms with van der Waals surface area (Å²) in [5, 5.41) is 13.2. The number of carbonyl (C=O) groups excluding carboxylic acids is 5. The van der Waals surface area contributed by atoms with Crippen molar-refractivity contribution >= 4 is 39.4 Å². The zero-order valence-electron chi connectivity index (χ0n) is 26.2. The predicted octanol–water partition coefficient (Wildman–Crippen LogP) is -0.0991. The lowest BCUT2D eigenvalue weighted by molar-refractivity contribution is -0.148. The number of hydrogen-bond donors (Lipinski definition) is 3. The Morgan fingerprint density at radius 3 is 2.05 bits per heavy atom. The summed E-state index contributed by atoms with van der Waals surface area (Å²) in [6.07, 6.45) is 0.613. The average molecular weight is 618 g/mol. The van der Waals surface area contributed by atoms with Crippen molar-refractivity contribution in [1.82, 2.24) is 20.0 Å². The van der Waals surface area contributed by atoms with Gasteiger partial charge in [-0.3, -0.25) is 24.0 Å². The Morgan fingerprint density at radius 1 is 0.976 bits per heavy atom. The highest BCUT2D eigenvalue weighted by Crippen LogP contribution is 2.17. The van der Waals surface area contributed by atoms with Gasteiger partial charge in [-0.2, -0.15) is 0 Å². The third kappa shape index (κ3) is 11.5. The topological polar surface area (TPSA) is 187 Å². The van der Waals surface area contributed by atoms with Gasteiger partial charge in [-0.05, 0) is 44.4 Å². The van der Waals surface area contributed by atoms with E-state index < -0.39 is 57.7 Å². The molecular formula is C28H51N5O8S. The Balaban J connectivity index is 2.61. The van der Waals surface area contributed by atoms with Crippen LogP contribution in [0.4, 0.5) is 0 Å². The zero-order chi connectivity index (χ0) is 32.4. The van der Waals surface area contributed by atoms with Crippen LogP contribution in [0, 0.1) is 11.8 Å². The van der Waals surface area contributed by atoms with Gasteiger partial charge in [0.25, 0.3) is 0 Å². The molecule has 13 nitrogen and oxygen atoms in total. The van der Waals surface area contributed by atoms with Crippen LogP contribution in [-0.4, -0.2) is 121 Å². The van der Waals surface area contributed by atoms with Crippen molar-refractivity contribution in [1.29, 1.82) is 0 Å². The van der Waals surface area contributed by atoms with Gasteiger partial charge in [0.2, 0.25) is 29.5 Å². The fourth-order valence-corrected chi connectivity index (χ4v) is 6.03. The minimum Gasteiger partial charge on any atom is -0.392 e. The summed E-state index contributed by atoms with van der Waals surface area (Å²) < 4.78 is 23.1. The Morgan fingerprint density at radius 2 is 1.55 bits per heavy atom. The van der Waals surface area contributed by atoms with Gasteiger partial charge in [-0.1, -0.05) is 27.7 Å². The first kappa shape index (κ1) is 37.3. The fourth-order valence-electron chi connectivity index (χ4n) is 4.83. The molecule has 0 unspecified atom stereocenters. The van der Waals surface area contributed by atoms with Crippen LogP contribution in [0.3, 0.4) is 0 Å².